The van der Waals surface area contributed by atoms with Crippen LogP contribution >= 0.6 is 11.6 Å². The number of aliphatic hydroxyl groups excluding tert-OH is 1. The summed E-state index contributed by atoms with van der Waals surface area (Å²) in [5, 5.41) is 10.1. The lowest BCUT2D eigenvalue weighted by Crippen LogP contribution is -1.92. The molecule has 1 aromatic carbocycles. The Morgan fingerprint density at radius 3 is 2.50 bits per heavy atom. The largest absolute Gasteiger partial charge is 0.508 e. The molecule has 0 saturated heterocycles. The Balaban J connectivity index is 2.31. The van der Waals surface area contributed by atoms with Gasteiger partial charge in [-0.15, -0.1) is 0 Å². The van der Waals surface area contributed by atoms with Crippen molar-refractivity contribution in [2.75, 3.05) is 0 Å². The molecule has 0 heterocycles. The molecule has 0 bridgehead atoms. The average Bonchev–Trinajstić information content (AvgIpc) is 2.19. The van der Waals surface area contributed by atoms with Crippen molar-refractivity contribution < 1.29 is 5.11 Å². The van der Waals surface area contributed by atoms with E-state index in [2.05, 4.69) is 6.42 Å². The van der Waals surface area contributed by atoms with Crippen molar-refractivity contribution in [1.29, 1.82) is 0 Å². The summed E-state index contributed by atoms with van der Waals surface area (Å²) < 4.78 is 0. The smallest absolute Gasteiger partial charge is 0.111 e. The summed E-state index contributed by atoms with van der Waals surface area (Å²) in [6.45, 7) is 0. The molecule has 1 aromatic rings. The molecule has 1 radical (unpaired) electrons. The molecule has 1 N–H and O–H groups in total. The van der Waals surface area contributed by atoms with E-state index in [0.29, 0.717) is 5.76 Å². The molecule has 0 spiro atoms. The van der Waals surface area contributed by atoms with Gasteiger partial charge in [0.1, 0.15) is 5.76 Å². The van der Waals surface area contributed by atoms with E-state index in [0.717, 1.165) is 22.6 Å². The maximum Gasteiger partial charge on any atom is 0.111 e. The van der Waals surface area contributed by atoms with Gasteiger partial charge >= 0.3 is 0 Å². The predicted octanol–water partition coefficient (Wildman–Crippen LogP) is 3.77. The third kappa shape index (κ3) is 1.99. The van der Waals surface area contributed by atoms with E-state index in [1.807, 2.05) is 24.3 Å². The van der Waals surface area contributed by atoms with Crippen LogP contribution in [-0.2, 0) is 0 Å². The topological polar surface area (TPSA) is 20.2 Å². The molecule has 0 aliphatic heterocycles. The predicted molar refractivity (Wildman–Crippen MR) is 59.1 cm³/mol. The first-order valence-electron chi connectivity index (χ1n) is 4.46. The van der Waals surface area contributed by atoms with Gasteiger partial charge in [-0.2, -0.15) is 0 Å². The Bertz CT molecular complexity index is 387. The first-order chi connectivity index (χ1) is 6.75. The Kier molecular flexibility index (Phi) is 2.60. The molecule has 0 amide bonds. The monoisotopic (exact) mass is 205 g/mol. The van der Waals surface area contributed by atoms with E-state index >= 15 is 0 Å². The quantitative estimate of drug-likeness (QED) is 0.740. The molecule has 1 nitrogen and oxygen atoms in total. The summed E-state index contributed by atoms with van der Waals surface area (Å²) in [6.07, 6.45) is 6.38. The maximum atomic E-state index is 9.33. The zero-order valence-corrected chi connectivity index (χ0v) is 8.33. The van der Waals surface area contributed by atoms with Crippen LogP contribution in [0.1, 0.15) is 12.0 Å². The van der Waals surface area contributed by atoms with E-state index in [-0.39, 0.29) is 0 Å². The number of rotatable bonds is 1. The summed E-state index contributed by atoms with van der Waals surface area (Å²) >= 11 is 5.79. The van der Waals surface area contributed by atoms with Gasteiger partial charge in [0.05, 0.1) is 0 Å². The molecule has 71 valence electrons. The third-order valence-corrected chi connectivity index (χ3v) is 2.40. The number of benzene rings is 1. The second-order valence-corrected chi connectivity index (χ2v) is 3.61. The highest BCUT2D eigenvalue weighted by Crippen LogP contribution is 2.25. The summed E-state index contributed by atoms with van der Waals surface area (Å²) in [5.74, 6) is 0.331. The molecule has 1 aliphatic carbocycles. The van der Waals surface area contributed by atoms with Gasteiger partial charge in [0, 0.05) is 5.02 Å². The normalized spacial score (nSPS) is 16.1. The molecule has 0 unspecified atom stereocenters. The maximum absolute atomic E-state index is 9.33. The lowest BCUT2D eigenvalue weighted by molar-refractivity contribution is 0.429. The lowest BCUT2D eigenvalue weighted by Gasteiger charge is -2.10. The minimum absolute atomic E-state index is 0.331. The van der Waals surface area contributed by atoms with Gasteiger partial charge in [0.2, 0.25) is 0 Å². The Hall–Kier alpha value is -1.21. The van der Waals surface area contributed by atoms with Crippen LogP contribution in [0.5, 0.6) is 0 Å². The molecule has 0 aromatic heterocycles. The van der Waals surface area contributed by atoms with Crippen molar-refractivity contribution in [3.05, 3.63) is 59.2 Å². The van der Waals surface area contributed by atoms with Gasteiger partial charge in [-0.25, -0.2) is 0 Å². The first-order valence-corrected chi connectivity index (χ1v) is 4.83. The number of hydrogen-bond acceptors (Lipinski definition) is 1. The van der Waals surface area contributed by atoms with Crippen LogP contribution in [0.15, 0.2) is 42.2 Å². The van der Waals surface area contributed by atoms with Crippen LogP contribution in [0.3, 0.4) is 0 Å². The van der Waals surface area contributed by atoms with Gasteiger partial charge in [-0.1, -0.05) is 23.7 Å². The fourth-order valence-electron chi connectivity index (χ4n) is 1.43. The van der Waals surface area contributed by atoms with Crippen LogP contribution in [-0.4, -0.2) is 5.11 Å². The van der Waals surface area contributed by atoms with E-state index in [9.17, 15) is 5.11 Å². The van der Waals surface area contributed by atoms with E-state index < -0.39 is 0 Å². The summed E-state index contributed by atoms with van der Waals surface area (Å²) in [4.78, 5) is 0. The molecular weight excluding hydrogens is 196 g/mol. The number of allylic oxidation sites excluding steroid dienone is 3. The average molecular weight is 206 g/mol. The minimum Gasteiger partial charge on any atom is -0.508 e. The van der Waals surface area contributed by atoms with E-state index in [1.165, 1.54) is 0 Å². The Morgan fingerprint density at radius 1 is 1.14 bits per heavy atom. The molecular formula is C12H10ClO. The van der Waals surface area contributed by atoms with Crippen molar-refractivity contribution in [2.24, 2.45) is 0 Å². The lowest BCUT2D eigenvalue weighted by atomic mass is 9.97. The van der Waals surface area contributed by atoms with Gasteiger partial charge < -0.3 is 5.11 Å². The molecule has 0 atom stereocenters. The second kappa shape index (κ2) is 3.89. The zero-order valence-electron chi connectivity index (χ0n) is 7.57. The fraction of sp³-hybridized carbons (Fsp3) is 0.0833. The van der Waals surface area contributed by atoms with E-state index in [4.69, 9.17) is 11.6 Å². The molecule has 2 rings (SSSR count). The molecule has 14 heavy (non-hydrogen) atoms. The van der Waals surface area contributed by atoms with Crippen LogP contribution in [0.4, 0.5) is 0 Å². The standard InChI is InChI=1S/C12H10ClO/c13-11-6-4-9(5-7-11)10-2-1-3-12(14)8-10/h2-8,14H,1H2. The highest BCUT2D eigenvalue weighted by atomic mass is 35.5. The SMILES string of the molecule is OC1=CC[CH]C(c2ccc(Cl)cc2)=C1. The number of aliphatic hydroxyl groups is 1. The van der Waals surface area contributed by atoms with Crippen molar-refractivity contribution in [2.45, 2.75) is 6.42 Å². The molecule has 0 fully saturated rings. The fourth-order valence-corrected chi connectivity index (χ4v) is 1.55. The molecule has 2 heteroatoms. The van der Waals surface area contributed by atoms with Crippen LogP contribution in [0, 0.1) is 6.42 Å². The van der Waals surface area contributed by atoms with Crippen LogP contribution in [0.2, 0.25) is 5.02 Å². The van der Waals surface area contributed by atoms with Gasteiger partial charge in [0.25, 0.3) is 0 Å². The van der Waals surface area contributed by atoms with Gasteiger partial charge in [0.15, 0.2) is 0 Å². The highest BCUT2D eigenvalue weighted by Gasteiger charge is 2.06. The van der Waals surface area contributed by atoms with E-state index in [1.54, 1.807) is 12.2 Å². The van der Waals surface area contributed by atoms with Crippen molar-refractivity contribution in [3.8, 4) is 0 Å². The third-order valence-electron chi connectivity index (χ3n) is 2.15. The van der Waals surface area contributed by atoms with Gasteiger partial charge in [-0.05, 0) is 48.3 Å². The van der Waals surface area contributed by atoms with Crippen LogP contribution in [0.25, 0.3) is 5.57 Å². The zero-order chi connectivity index (χ0) is 9.97. The van der Waals surface area contributed by atoms with Gasteiger partial charge in [-0.3, -0.25) is 0 Å². The molecule has 1 aliphatic rings. The number of halogens is 1. The summed E-state index contributed by atoms with van der Waals surface area (Å²) in [7, 11) is 0. The first kappa shape index (κ1) is 9.35. The highest BCUT2D eigenvalue weighted by molar-refractivity contribution is 6.30. The Labute approximate surface area is 88.3 Å². The summed E-state index contributed by atoms with van der Waals surface area (Å²) in [6, 6.07) is 7.59. The number of hydrogen-bond donors (Lipinski definition) is 1. The van der Waals surface area contributed by atoms with Crippen LogP contribution < -0.4 is 0 Å². The Morgan fingerprint density at radius 2 is 1.86 bits per heavy atom. The van der Waals surface area contributed by atoms with Crippen molar-refractivity contribution in [3.63, 3.8) is 0 Å². The summed E-state index contributed by atoms with van der Waals surface area (Å²) in [5.41, 5.74) is 2.12. The van der Waals surface area contributed by atoms with Crippen molar-refractivity contribution >= 4 is 17.2 Å². The molecule has 0 saturated carbocycles. The minimum atomic E-state index is 0.331. The van der Waals surface area contributed by atoms with Crippen molar-refractivity contribution in [1.82, 2.24) is 0 Å². The second-order valence-electron chi connectivity index (χ2n) is 3.18.